The van der Waals surface area contributed by atoms with Gasteiger partial charge in [-0.3, -0.25) is 9.12 Å². The van der Waals surface area contributed by atoms with Crippen LogP contribution in [-0.2, 0) is 21.9 Å². The van der Waals surface area contributed by atoms with E-state index in [4.69, 9.17) is 14.3 Å². The smallest absolute Gasteiger partial charge is 0.264 e. The Morgan fingerprint density at radius 1 is 1.32 bits per heavy atom. The largest absolute Gasteiger partial charge is 0.378 e. The summed E-state index contributed by atoms with van der Waals surface area (Å²) in [5.74, 6) is 2.27. The van der Waals surface area contributed by atoms with Gasteiger partial charge in [0, 0.05) is 38.7 Å². The van der Waals surface area contributed by atoms with E-state index in [2.05, 4.69) is 34.0 Å². The van der Waals surface area contributed by atoms with E-state index >= 15 is 0 Å². The molecule has 4 rings (SSSR count). The van der Waals surface area contributed by atoms with Gasteiger partial charge in [0.05, 0.1) is 11.9 Å². The first-order valence-electron chi connectivity index (χ1n) is 10.9. The highest BCUT2D eigenvalue weighted by molar-refractivity contribution is 7.85. The fourth-order valence-electron chi connectivity index (χ4n) is 4.93. The third-order valence-corrected chi connectivity index (χ3v) is 7.48. The number of imidazole rings is 1. The average molecular weight is 453 g/mol. The second kappa shape index (κ2) is 8.51. The molecule has 2 heterocycles. The maximum absolute atomic E-state index is 10.9. The molecule has 0 spiro atoms. The SMILES string of the molecule is CC(C)N(C)c1nc2c(N[C@H]3C[C@@H]4C[C@H]3[C@H](OCCCS(=O)(=O)O)C4)ncnc2n1C. The van der Waals surface area contributed by atoms with Gasteiger partial charge in [-0.15, -0.1) is 0 Å². The second-order valence-corrected chi connectivity index (χ2v) is 10.7. The molecule has 10 nitrogen and oxygen atoms in total. The molecule has 2 saturated carbocycles. The Kier molecular flexibility index (Phi) is 6.10. The molecule has 0 aromatic carbocycles. The van der Waals surface area contributed by atoms with Gasteiger partial charge in [0.1, 0.15) is 6.33 Å². The van der Waals surface area contributed by atoms with Crippen LogP contribution in [0.3, 0.4) is 0 Å². The van der Waals surface area contributed by atoms with Crippen molar-refractivity contribution in [2.75, 3.05) is 29.6 Å². The molecule has 2 aromatic rings. The van der Waals surface area contributed by atoms with Gasteiger partial charge in [-0.05, 0) is 45.4 Å². The summed E-state index contributed by atoms with van der Waals surface area (Å²) < 4.78 is 38.6. The molecular weight excluding hydrogens is 420 g/mol. The summed E-state index contributed by atoms with van der Waals surface area (Å²) in [6.45, 7) is 4.58. The maximum atomic E-state index is 10.9. The van der Waals surface area contributed by atoms with Gasteiger partial charge in [0.25, 0.3) is 10.1 Å². The number of hydrogen-bond donors (Lipinski definition) is 2. The Balaban J connectivity index is 1.46. The van der Waals surface area contributed by atoms with E-state index < -0.39 is 10.1 Å². The zero-order valence-electron chi connectivity index (χ0n) is 18.5. The van der Waals surface area contributed by atoms with Crippen molar-refractivity contribution in [2.45, 2.75) is 57.7 Å². The molecule has 31 heavy (non-hydrogen) atoms. The van der Waals surface area contributed by atoms with Crippen LogP contribution >= 0.6 is 0 Å². The number of aryl methyl sites for hydroxylation is 1. The minimum Gasteiger partial charge on any atom is -0.378 e. The monoisotopic (exact) mass is 452 g/mol. The average Bonchev–Trinajstić information content (AvgIpc) is 3.37. The Morgan fingerprint density at radius 2 is 2.10 bits per heavy atom. The van der Waals surface area contributed by atoms with E-state index in [1.165, 1.54) is 0 Å². The molecule has 0 unspecified atom stereocenters. The fraction of sp³-hybridized carbons (Fsp3) is 0.750. The van der Waals surface area contributed by atoms with Crippen molar-refractivity contribution < 1.29 is 17.7 Å². The number of anilines is 2. The minimum absolute atomic E-state index is 0.0985. The highest BCUT2D eigenvalue weighted by Crippen LogP contribution is 2.47. The molecule has 0 saturated heterocycles. The number of hydrogen-bond acceptors (Lipinski definition) is 8. The Hall–Kier alpha value is -1.98. The summed E-state index contributed by atoms with van der Waals surface area (Å²) in [5.41, 5.74) is 1.56. The third-order valence-electron chi connectivity index (χ3n) is 6.68. The summed E-state index contributed by atoms with van der Waals surface area (Å²) in [4.78, 5) is 15.9. The van der Waals surface area contributed by atoms with Gasteiger partial charge in [0.15, 0.2) is 17.0 Å². The molecule has 2 aromatic heterocycles. The van der Waals surface area contributed by atoms with Gasteiger partial charge in [-0.2, -0.15) is 8.42 Å². The van der Waals surface area contributed by atoms with Crippen molar-refractivity contribution in [1.82, 2.24) is 19.5 Å². The summed E-state index contributed by atoms with van der Waals surface area (Å²) in [7, 11) is 0.0521. The van der Waals surface area contributed by atoms with Crippen molar-refractivity contribution in [2.24, 2.45) is 18.9 Å². The standard InChI is InChI=1S/C20H32N6O4S/c1-12(2)25(3)20-24-17-18(21-11-22-19(17)26(20)4)23-15-9-13-8-14(15)16(10-13)30-6-5-7-31(27,28)29/h11-16H,5-10H2,1-4H3,(H,21,22,23)(H,27,28,29)/t13-,14+,15-,16+/m0/s1. The summed E-state index contributed by atoms with van der Waals surface area (Å²) in [6.07, 6.45) is 5.13. The highest BCUT2D eigenvalue weighted by Gasteiger charge is 2.47. The molecule has 2 aliphatic carbocycles. The maximum Gasteiger partial charge on any atom is 0.264 e. The Morgan fingerprint density at radius 3 is 2.77 bits per heavy atom. The van der Waals surface area contributed by atoms with Crippen LogP contribution < -0.4 is 10.2 Å². The van der Waals surface area contributed by atoms with E-state index in [9.17, 15) is 8.42 Å². The predicted molar refractivity (Wildman–Crippen MR) is 119 cm³/mol. The topological polar surface area (TPSA) is 122 Å². The molecule has 4 atom stereocenters. The summed E-state index contributed by atoms with van der Waals surface area (Å²) >= 11 is 0. The molecule has 2 N–H and O–H groups in total. The van der Waals surface area contributed by atoms with E-state index in [0.29, 0.717) is 30.9 Å². The van der Waals surface area contributed by atoms with Crippen molar-refractivity contribution >= 4 is 33.0 Å². The molecule has 0 amide bonds. The lowest BCUT2D eigenvalue weighted by Gasteiger charge is -2.30. The van der Waals surface area contributed by atoms with Crippen molar-refractivity contribution in [3.05, 3.63) is 6.33 Å². The van der Waals surface area contributed by atoms with Crippen LogP contribution in [0.25, 0.3) is 11.2 Å². The minimum atomic E-state index is -3.93. The first-order valence-corrected chi connectivity index (χ1v) is 12.5. The fourth-order valence-corrected chi connectivity index (χ4v) is 5.42. The lowest BCUT2D eigenvalue weighted by atomic mass is 9.92. The van der Waals surface area contributed by atoms with Gasteiger partial charge in [-0.25, -0.2) is 15.0 Å². The normalized spacial score (nSPS) is 25.6. The number of aromatic nitrogens is 4. The van der Waals surface area contributed by atoms with Crippen molar-refractivity contribution in [1.29, 1.82) is 0 Å². The Labute approximate surface area is 183 Å². The van der Waals surface area contributed by atoms with Crippen LogP contribution in [0, 0.1) is 11.8 Å². The van der Waals surface area contributed by atoms with Crippen LogP contribution in [0.1, 0.15) is 39.5 Å². The van der Waals surface area contributed by atoms with Gasteiger partial charge < -0.3 is 15.0 Å². The number of ether oxygens (including phenoxy) is 1. The number of nitrogens with zero attached hydrogens (tertiary/aromatic N) is 5. The van der Waals surface area contributed by atoms with Gasteiger partial charge in [0.2, 0.25) is 5.95 Å². The molecule has 0 radical (unpaired) electrons. The van der Waals surface area contributed by atoms with Crippen LogP contribution in [0.15, 0.2) is 6.33 Å². The zero-order chi connectivity index (χ0) is 22.3. The highest BCUT2D eigenvalue weighted by atomic mass is 32.2. The third kappa shape index (κ3) is 4.63. The van der Waals surface area contributed by atoms with Crippen molar-refractivity contribution in [3.8, 4) is 0 Å². The molecule has 2 fully saturated rings. The molecule has 2 bridgehead atoms. The summed E-state index contributed by atoms with van der Waals surface area (Å²) in [6, 6.07) is 0.542. The molecular formula is C20H32N6O4S. The van der Waals surface area contributed by atoms with Crippen LogP contribution in [0.4, 0.5) is 11.8 Å². The van der Waals surface area contributed by atoms with Crippen LogP contribution in [-0.4, -0.2) is 70.1 Å². The molecule has 11 heteroatoms. The van der Waals surface area contributed by atoms with Crippen LogP contribution in [0.5, 0.6) is 0 Å². The van der Waals surface area contributed by atoms with E-state index in [0.717, 1.165) is 42.2 Å². The molecule has 2 aliphatic rings. The predicted octanol–water partition coefficient (Wildman–Crippen LogP) is 2.08. The number of rotatable bonds is 9. The first kappa shape index (κ1) is 22.2. The number of fused-ring (bicyclic) bond motifs is 3. The zero-order valence-corrected chi connectivity index (χ0v) is 19.3. The van der Waals surface area contributed by atoms with E-state index in [-0.39, 0.29) is 17.9 Å². The van der Waals surface area contributed by atoms with E-state index in [1.807, 2.05) is 18.7 Å². The lowest BCUT2D eigenvalue weighted by Crippen LogP contribution is -2.36. The van der Waals surface area contributed by atoms with Gasteiger partial charge >= 0.3 is 0 Å². The van der Waals surface area contributed by atoms with Crippen molar-refractivity contribution in [3.63, 3.8) is 0 Å². The van der Waals surface area contributed by atoms with Gasteiger partial charge in [-0.1, -0.05) is 0 Å². The Bertz CT molecular complexity index is 1040. The quantitative estimate of drug-likeness (QED) is 0.435. The second-order valence-electron chi connectivity index (χ2n) is 9.11. The lowest BCUT2D eigenvalue weighted by molar-refractivity contribution is 0.0136. The first-order chi connectivity index (χ1) is 14.6. The number of nitrogens with one attached hydrogen (secondary N) is 1. The van der Waals surface area contributed by atoms with Crippen LogP contribution in [0.2, 0.25) is 0 Å². The molecule has 0 aliphatic heterocycles. The summed E-state index contributed by atoms with van der Waals surface area (Å²) in [5, 5.41) is 3.61. The van der Waals surface area contributed by atoms with E-state index in [1.54, 1.807) is 6.33 Å². The molecule has 172 valence electrons.